The molecule has 0 aliphatic heterocycles. The van der Waals surface area contributed by atoms with Gasteiger partial charge in [0, 0.05) is 6.07 Å². The molecule has 0 aliphatic rings. The molecular formula is C11H12FN3O6. The summed E-state index contributed by atoms with van der Waals surface area (Å²) < 4.78 is 13.1. The topological polar surface area (TPSA) is 142 Å². The van der Waals surface area contributed by atoms with Crippen LogP contribution in [-0.2, 0) is 4.79 Å². The molecular weight excluding hydrogens is 289 g/mol. The fraction of sp³-hybridized carbons (Fsp3) is 0.273. The zero-order valence-corrected chi connectivity index (χ0v) is 10.7. The lowest BCUT2D eigenvalue weighted by atomic mass is 10.2. The van der Waals surface area contributed by atoms with Crippen LogP contribution in [0.3, 0.4) is 0 Å². The number of carboxylic acid groups (broad SMARTS) is 1. The number of non-ortho nitro benzene ring substituents is 1. The maximum Gasteiger partial charge on any atom is 0.328 e. The number of aliphatic hydroxyl groups excluding tert-OH is 1. The molecule has 1 aromatic rings. The number of nitrogens with zero attached hydrogens (tertiary/aromatic N) is 1. The predicted molar refractivity (Wildman–Crippen MR) is 68.3 cm³/mol. The van der Waals surface area contributed by atoms with E-state index in [1.165, 1.54) is 0 Å². The van der Waals surface area contributed by atoms with Crippen molar-refractivity contribution in [3.05, 3.63) is 34.1 Å². The first-order valence-electron chi connectivity index (χ1n) is 5.64. The standard InChI is InChI=1S/C11H12FN3O6/c1-5(16)9(10(17)18)14-11(19)13-7-2-6(12)3-8(4-7)15(20)21/h2-5,9,16H,1H3,(H,17,18)(H2,13,14,19)/t5-,9+/m1/s1. The van der Waals surface area contributed by atoms with E-state index in [-0.39, 0.29) is 5.69 Å². The molecule has 0 radical (unpaired) electrons. The van der Waals surface area contributed by atoms with Crippen LogP contribution in [0.15, 0.2) is 18.2 Å². The minimum absolute atomic E-state index is 0.228. The second kappa shape index (κ2) is 6.61. The molecule has 2 amide bonds. The fourth-order valence-corrected chi connectivity index (χ4v) is 1.45. The average Bonchev–Trinajstić information content (AvgIpc) is 2.34. The van der Waals surface area contributed by atoms with Crippen LogP contribution in [0.25, 0.3) is 0 Å². The molecule has 0 fully saturated rings. The number of rotatable bonds is 5. The van der Waals surface area contributed by atoms with Crippen molar-refractivity contribution in [2.45, 2.75) is 19.1 Å². The van der Waals surface area contributed by atoms with Crippen molar-refractivity contribution in [3.63, 3.8) is 0 Å². The van der Waals surface area contributed by atoms with Crippen molar-refractivity contribution in [1.29, 1.82) is 0 Å². The summed E-state index contributed by atoms with van der Waals surface area (Å²) >= 11 is 0. The van der Waals surface area contributed by atoms with E-state index in [2.05, 4.69) is 0 Å². The lowest BCUT2D eigenvalue weighted by molar-refractivity contribution is -0.385. The minimum Gasteiger partial charge on any atom is -0.480 e. The van der Waals surface area contributed by atoms with Crippen molar-refractivity contribution in [1.82, 2.24) is 5.32 Å². The van der Waals surface area contributed by atoms with Gasteiger partial charge in [-0.2, -0.15) is 0 Å². The number of aliphatic carboxylic acids is 1. The first-order valence-corrected chi connectivity index (χ1v) is 5.64. The van der Waals surface area contributed by atoms with E-state index in [9.17, 15) is 29.2 Å². The van der Waals surface area contributed by atoms with Crippen LogP contribution in [0.1, 0.15) is 6.92 Å². The third-order valence-corrected chi connectivity index (χ3v) is 2.39. The lowest BCUT2D eigenvalue weighted by Crippen LogP contribution is -2.49. The number of nitro benzene ring substituents is 1. The van der Waals surface area contributed by atoms with Crippen LogP contribution in [0.4, 0.5) is 20.6 Å². The molecule has 0 bridgehead atoms. The maximum absolute atomic E-state index is 13.1. The molecule has 0 aliphatic carbocycles. The highest BCUT2D eigenvalue weighted by Gasteiger charge is 2.25. The van der Waals surface area contributed by atoms with E-state index in [1.54, 1.807) is 0 Å². The van der Waals surface area contributed by atoms with E-state index in [1.807, 2.05) is 10.6 Å². The van der Waals surface area contributed by atoms with Crippen molar-refractivity contribution < 1.29 is 29.1 Å². The highest BCUT2D eigenvalue weighted by atomic mass is 19.1. The second-order valence-corrected chi connectivity index (χ2v) is 4.11. The number of nitro groups is 1. The van der Waals surface area contributed by atoms with Gasteiger partial charge in [0.15, 0.2) is 6.04 Å². The number of carbonyl (C=O) groups is 2. The molecule has 9 nitrogen and oxygen atoms in total. The zero-order chi connectivity index (χ0) is 16.2. The number of urea groups is 1. The van der Waals surface area contributed by atoms with Gasteiger partial charge in [0.05, 0.1) is 22.8 Å². The molecule has 114 valence electrons. The molecule has 4 N–H and O–H groups in total. The average molecular weight is 301 g/mol. The number of amides is 2. The fourth-order valence-electron chi connectivity index (χ4n) is 1.45. The Bertz CT molecular complexity index is 577. The molecule has 2 atom stereocenters. The van der Waals surface area contributed by atoms with E-state index >= 15 is 0 Å². The van der Waals surface area contributed by atoms with Gasteiger partial charge >= 0.3 is 12.0 Å². The van der Waals surface area contributed by atoms with Gasteiger partial charge < -0.3 is 20.8 Å². The third-order valence-electron chi connectivity index (χ3n) is 2.39. The SMILES string of the molecule is C[C@@H](O)[C@H](NC(=O)Nc1cc(F)cc([N+](=O)[O-])c1)C(=O)O. The summed E-state index contributed by atoms with van der Waals surface area (Å²) in [5.41, 5.74) is -0.801. The van der Waals surface area contributed by atoms with Crippen molar-refractivity contribution in [3.8, 4) is 0 Å². The number of carbonyl (C=O) groups excluding carboxylic acids is 1. The van der Waals surface area contributed by atoms with E-state index in [4.69, 9.17) is 5.11 Å². The van der Waals surface area contributed by atoms with E-state index < -0.39 is 40.6 Å². The van der Waals surface area contributed by atoms with Gasteiger partial charge in [-0.05, 0) is 13.0 Å². The van der Waals surface area contributed by atoms with Crippen LogP contribution >= 0.6 is 0 Å². The van der Waals surface area contributed by atoms with Crippen molar-refractivity contribution in [2.75, 3.05) is 5.32 Å². The van der Waals surface area contributed by atoms with Gasteiger partial charge in [-0.15, -0.1) is 0 Å². The number of aliphatic hydroxyl groups is 1. The monoisotopic (exact) mass is 301 g/mol. The summed E-state index contributed by atoms with van der Waals surface area (Å²) in [6, 6.07) is -0.235. The van der Waals surface area contributed by atoms with Crippen LogP contribution in [0.2, 0.25) is 0 Å². The normalized spacial score (nSPS) is 13.1. The molecule has 1 aromatic carbocycles. The summed E-state index contributed by atoms with van der Waals surface area (Å²) in [5.74, 6) is -2.41. The highest BCUT2D eigenvalue weighted by molar-refractivity contribution is 5.92. The van der Waals surface area contributed by atoms with E-state index in [0.29, 0.717) is 6.07 Å². The van der Waals surface area contributed by atoms with Gasteiger partial charge in [-0.3, -0.25) is 10.1 Å². The Balaban J connectivity index is 2.83. The van der Waals surface area contributed by atoms with E-state index in [0.717, 1.165) is 19.1 Å². The predicted octanol–water partition coefficient (Wildman–Crippen LogP) is 0.689. The molecule has 0 unspecified atom stereocenters. The minimum atomic E-state index is -1.58. The Kier molecular flexibility index (Phi) is 5.13. The summed E-state index contributed by atoms with van der Waals surface area (Å²) in [5, 5.41) is 32.5. The van der Waals surface area contributed by atoms with Gasteiger partial charge in [-0.25, -0.2) is 14.0 Å². The molecule has 0 spiro atoms. The number of hydrogen-bond donors (Lipinski definition) is 4. The molecule has 0 saturated heterocycles. The molecule has 10 heteroatoms. The highest BCUT2D eigenvalue weighted by Crippen LogP contribution is 2.19. The Labute approximate surface area is 117 Å². The van der Waals surface area contributed by atoms with Crippen LogP contribution in [0, 0.1) is 15.9 Å². The summed E-state index contributed by atoms with van der Waals surface area (Å²) in [6.45, 7) is 1.16. The molecule has 0 aromatic heterocycles. The Morgan fingerprint density at radius 1 is 1.38 bits per heavy atom. The number of hydrogen-bond acceptors (Lipinski definition) is 5. The Morgan fingerprint density at radius 3 is 2.48 bits per heavy atom. The third kappa shape index (κ3) is 4.69. The summed E-state index contributed by atoms with van der Waals surface area (Å²) in [7, 11) is 0. The quantitative estimate of drug-likeness (QED) is 0.465. The number of nitrogens with one attached hydrogen (secondary N) is 2. The van der Waals surface area contributed by atoms with Gasteiger partial charge in [0.1, 0.15) is 5.82 Å². The first kappa shape index (κ1) is 16.3. The van der Waals surface area contributed by atoms with Gasteiger partial charge in [0.25, 0.3) is 5.69 Å². The smallest absolute Gasteiger partial charge is 0.328 e. The summed E-state index contributed by atoms with van der Waals surface area (Å²) in [4.78, 5) is 32.0. The molecule has 21 heavy (non-hydrogen) atoms. The lowest BCUT2D eigenvalue weighted by Gasteiger charge is -2.17. The van der Waals surface area contributed by atoms with Crippen molar-refractivity contribution >= 4 is 23.4 Å². The first-order chi connectivity index (χ1) is 9.70. The van der Waals surface area contributed by atoms with Crippen LogP contribution in [0.5, 0.6) is 0 Å². The molecule has 1 rings (SSSR count). The summed E-state index contributed by atoms with van der Waals surface area (Å²) in [6.07, 6.45) is -1.37. The van der Waals surface area contributed by atoms with Crippen LogP contribution < -0.4 is 10.6 Å². The number of benzene rings is 1. The number of halogens is 1. The second-order valence-electron chi connectivity index (χ2n) is 4.11. The molecule has 0 saturated carbocycles. The molecule has 0 heterocycles. The van der Waals surface area contributed by atoms with Gasteiger partial charge in [0.2, 0.25) is 0 Å². The Hall–Kier alpha value is -2.75. The maximum atomic E-state index is 13.1. The zero-order valence-electron chi connectivity index (χ0n) is 10.7. The Morgan fingerprint density at radius 2 is 2.00 bits per heavy atom. The number of anilines is 1. The van der Waals surface area contributed by atoms with Crippen molar-refractivity contribution in [2.24, 2.45) is 0 Å². The largest absolute Gasteiger partial charge is 0.480 e. The number of carboxylic acids is 1. The van der Waals surface area contributed by atoms with Crippen LogP contribution in [-0.4, -0.2) is 39.3 Å². The van der Waals surface area contributed by atoms with Gasteiger partial charge in [-0.1, -0.05) is 0 Å².